The summed E-state index contributed by atoms with van der Waals surface area (Å²) in [5, 5.41) is 13.4. The number of para-hydroxylation sites is 1. The van der Waals surface area contributed by atoms with Crippen LogP contribution in [0, 0.1) is 5.82 Å². The quantitative estimate of drug-likeness (QED) is 0.372. The smallest absolute Gasteiger partial charge is 0.419 e. The summed E-state index contributed by atoms with van der Waals surface area (Å²) in [5.41, 5.74) is -2.54. The third kappa shape index (κ3) is 4.17. The molecule has 184 valence electrons. The lowest BCUT2D eigenvalue weighted by Gasteiger charge is -2.36. The van der Waals surface area contributed by atoms with Gasteiger partial charge in [-0.2, -0.15) is 18.2 Å². The number of halogens is 4. The van der Waals surface area contributed by atoms with Crippen LogP contribution in [0.2, 0.25) is 0 Å². The average molecular weight is 500 g/mol. The molecule has 1 aliphatic heterocycles. The molecule has 1 N–H and O–H groups in total. The molecule has 1 unspecified atom stereocenters. The molecule has 1 aromatic heterocycles. The molecule has 1 atom stereocenters. The molecule has 0 spiro atoms. The van der Waals surface area contributed by atoms with Gasteiger partial charge in [-0.1, -0.05) is 29.4 Å². The second-order valence-corrected chi connectivity index (χ2v) is 7.98. The first-order valence-corrected chi connectivity index (χ1v) is 10.6. The topological polar surface area (TPSA) is 94.7 Å². The molecule has 36 heavy (non-hydrogen) atoms. The number of ether oxygens (including phenoxy) is 2. The lowest BCUT2D eigenvalue weighted by molar-refractivity contribution is -0.139. The van der Waals surface area contributed by atoms with Gasteiger partial charge in [0.2, 0.25) is 5.78 Å². The van der Waals surface area contributed by atoms with Gasteiger partial charge < -0.3 is 19.1 Å². The van der Waals surface area contributed by atoms with Crippen molar-refractivity contribution in [3.8, 4) is 23.0 Å². The SMILES string of the molecule is O=C1c2ccccc2OCC1(OCc1noc(-c2ccc(F)c(C(F)(F)F)c2)n1)c1ccc(O)cc1. The monoisotopic (exact) mass is 500 g/mol. The number of hydrogen-bond acceptors (Lipinski definition) is 7. The van der Waals surface area contributed by atoms with Crippen LogP contribution >= 0.6 is 0 Å². The van der Waals surface area contributed by atoms with E-state index in [1.54, 1.807) is 24.3 Å². The predicted molar refractivity (Wildman–Crippen MR) is 116 cm³/mol. The Morgan fingerprint density at radius 2 is 1.81 bits per heavy atom. The average Bonchev–Trinajstić information content (AvgIpc) is 3.33. The number of phenols is 1. The van der Waals surface area contributed by atoms with Crippen LogP contribution in [0.5, 0.6) is 11.5 Å². The number of fused-ring (bicyclic) bond motifs is 1. The highest BCUT2D eigenvalue weighted by Crippen LogP contribution is 2.39. The molecular weight excluding hydrogens is 484 g/mol. The number of benzene rings is 3. The minimum Gasteiger partial charge on any atom is -0.508 e. The first-order valence-electron chi connectivity index (χ1n) is 10.6. The van der Waals surface area contributed by atoms with Gasteiger partial charge in [-0.05, 0) is 48.0 Å². The van der Waals surface area contributed by atoms with Gasteiger partial charge in [-0.3, -0.25) is 4.79 Å². The van der Waals surface area contributed by atoms with Crippen LogP contribution < -0.4 is 4.74 Å². The lowest BCUT2D eigenvalue weighted by atomic mass is 9.84. The Morgan fingerprint density at radius 3 is 2.56 bits per heavy atom. The second-order valence-electron chi connectivity index (χ2n) is 7.98. The maximum Gasteiger partial charge on any atom is 0.419 e. The molecule has 0 radical (unpaired) electrons. The van der Waals surface area contributed by atoms with Crippen LogP contribution in [0.4, 0.5) is 17.6 Å². The molecule has 3 aromatic carbocycles. The van der Waals surface area contributed by atoms with Crippen molar-refractivity contribution in [1.29, 1.82) is 0 Å². The van der Waals surface area contributed by atoms with Crippen molar-refractivity contribution in [3.05, 3.63) is 95.1 Å². The third-order valence-electron chi connectivity index (χ3n) is 5.70. The molecule has 4 aromatic rings. The summed E-state index contributed by atoms with van der Waals surface area (Å²) in [6.07, 6.45) is -4.90. The number of nitrogens with zero attached hydrogens (tertiary/aromatic N) is 2. The number of phenolic OH excluding ortho intramolecular Hbond substituents is 1. The lowest BCUT2D eigenvalue weighted by Crippen LogP contribution is -2.47. The normalized spacial score (nSPS) is 17.5. The fourth-order valence-electron chi connectivity index (χ4n) is 3.87. The first-order chi connectivity index (χ1) is 17.2. The summed E-state index contributed by atoms with van der Waals surface area (Å²) < 4.78 is 69.7. The molecule has 1 aliphatic rings. The van der Waals surface area contributed by atoms with Crippen molar-refractivity contribution < 1.29 is 41.5 Å². The van der Waals surface area contributed by atoms with Gasteiger partial charge in [0, 0.05) is 5.56 Å². The van der Waals surface area contributed by atoms with Gasteiger partial charge in [0.05, 0.1) is 11.1 Å². The van der Waals surface area contributed by atoms with E-state index < -0.39 is 28.9 Å². The van der Waals surface area contributed by atoms with Crippen LogP contribution in [0.3, 0.4) is 0 Å². The van der Waals surface area contributed by atoms with Crippen LogP contribution in [0.15, 0.2) is 71.3 Å². The van der Waals surface area contributed by atoms with Gasteiger partial charge in [-0.25, -0.2) is 4.39 Å². The van der Waals surface area contributed by atoms with Crippen LogP contribution in [-0.2, 0) is 23.1 Å². The van der Waals surface area contributed by atoms with E-state index in [4.69, 9.17) is 14.0 Å². The van der Waals surface area contributed by atoms with E-state index in [1.165, 1.54) is 24.3 Å². The van der Waals surface area contributed by atoms with Gasteiger partial charge >= 0.3 is 6.18 Å². The van der Waals surface area contributed by atoms with Crippen molar-refractivity contribution in [3.63, 3.8) is 0 Å². The molecule has 5 rings (SSSR count). The van der Waals surface area contributed by atoms with Gasteiger partial charge in [0.15, 0.2) is 11.4 Å². The highest BCUT2D eigenvalue weighted by molar-refractivity contribution is 6.06. The van der Waals surface area contributed by atoms with E-state index in [0.717, 1.165) is 6.07 Å². The highest BCUT2D eigenvalue weighted by atomic mass is 19.4. The summed E-state index contributed by atoms with van der Waals surface area (Å²) in [7, 11) is 0. The Kier molecular flexibility index (Phi) is 5.71. The minimum atomic E-state index is -4.90. The maximum atomic E-state index is 13.6. The van der Waals surface area contributed by atoms with Crippen LogP contribution in [0.1, 0.15) is 27.3 Å². The van der Waals surface area contributed by atoms with Crippen LogP contribution in [-0.4, -0.2) is 27.6 Å². The summed E-state index contributed by atoms with van der Waals surface area (Å²) in [5.74, 6) is -1.80. The van der Waals surface area contributed by atoms with Crippen molar-refractivity contribution in [2.24, 2.45) is 0 Å². The summed E-state index contributed by atoms with van der Waals surface area (Å²) in [6.45, 7) is -0.555. The molecule has 7 nitrogen and oxygen atoms in total. The summed E-state index contributed by atoms with van der Waals surface area (Å²) in [4.78, 5) is 17.6. The first kappa shape index (κ1) is 23.5. The summed E-state index contributed by atoms with van der Waals surface area (Å²) >= 11 is 0. The predicted octanol–water partition coefficient (Wildman–Crippen LogP) is 5.29. The van der Waals surface area contributed by atoms with Crippen molar-refractivity contribution in [2.75, 3.05) is 6.61 Å². The number of ketones is 1. The minimum absolute atomic E-state index is 0.0150. The molecule has 0 fully saturated rings. The van der Waals surface area contributed by atoms with Crippen LogP contribution in [0.25, 0.3) is 11.5 Å². The number of aromatic nitrogens is 2. The van der Waals surface area contributed by atoms with E-state index in [0.29, 0.717) is 23.4 Å². The standard InChI is InChI=1S/C25H16F4N2O5/c26-19-10-5-14(11-18(19)25(27,28)29)23-30-21(31-36-23)12-35-24(15-6-8-16(32)9-7-15)13-34-20-4-2-1-3-17(20)22(24)33/h1-11,32H,12-13H2. The number of alkyl halides is 3. The zero-order valence-corrected chi connectivity index (χ0v) is 18.3. The Balaban J connectivity index is 1.45. The molecule has 0 amide bonds. The Morgan fingerprint density at radius 1 is 1.06 bits per heavy atom. The summed E-state index contributed by atoms with van der Waals surface area (Å²) in [6, 6.07) is 14.8. The number of carbonyl (C=O) groups excluding carboxylic acids is 1. The number of hydrogen-bond donors (Lipinski definition) is 1. The van der Waals surface area contributed by atoms with Gasteiger partial charge in [0.25, 0.3) is 5.89 Å². The number of aromatic hydroxyl groups is 1. The van der Waals surface area contributed by atoms with Crippen molar-refractivity contribution >= 4 is 5.78 Å². The number of Topliss-reactive ketones (excluding diaryl/α,β-unsaturated/α-hetero) is 1. The molecule has 2 heterocycles. The van der Waals surface area contributed by atoms with E-state index in [-0.39, 0.29) is 41.8 Å². The van der Waals surface area contributed by atoms with Crippen molar-refractivity contribution in [2.45, 2.75) is 18.4 Å². The molecule has 0 bridgehead atoms. The molecule has 0 saturated heterocycles. The van der Waals surface area contributed by atoms with E-state index in [1.807, 2.05) is 0 Å². The Labute approximate surface area is 200 Å². The maximum absolute atomic E-state index is 13.6. The highest BCUT2D eigenvalue weighted by Gasteiger charge is 2.47. The largest absolute Gasteiger partial charge is 0.508 e. The van der Waals surface area contributed by atoms with Crippen molar-refractivity contribution in [1.82, 2.24) is 10.1 Å². The third-order valence-corrected chi connectivity index (χ3v) is 5.70. The molecule has 0 saturated carbocycles. The van der Waals surface area contributed by atoms with E-state index in [9.17, 15) is 27.5 Å². The molecule has 0 aliphatic carbocycles. The Bertz CT molecular complexity index is 1440. The zero-order valence-electron chi connectivity index (χ0n) is 18.3. The van der Waals surface area contributed by atoms with E-state index >= 15 is 0 Å². The fraction of sp³-hybridized carbons (Fsp3) is 0.160. The second kappa shape index (κ2) is 8.76. The fourth-order valence-corrected chi connectivity index (χ4v) is 3.87. The number of rotatable bonds is 5. The van der Waals surface area contributed by atoms with Gasteiger partial charge in [-0.15, -0.1) is 0 Å². The molecular formula is C25H16F4N2O5. The van der Waals surface area contributed by atoms with E-state index in [2.05, 4.69) is 10.1 Å². The number of carbonyl (C=O) groups is 1. The zero-order chi connectivity index (χ0) is 25.5. The Hall–Kier alpha value is -4.25. The molecule has 11 heteroatoms. The van der Waals surface area contributed by atoms with Gasteiger partial charge in [0.1, 0.15) is 30.5 Å².